The first kappa shape index (κ1) is 21.6. The molecular weight excluding hydrogens is 274 g/mol. The Morgan fingerprint density at radius 1 is 1.14 bits per heavy atom. The summed E-state index contributed by atoms with van der Waals surface area (Å²) < 4.78 is 4.71. The Hall–Kier alpha value is -1.66. The molecule has 0 saturated carbocycles. The highest BCUT2D eigenvalue weighted by molar-refractivity contribution is 5.87. The van der Waals surface area contributed by atoms with Crippen LogP contribution in [-0.4, -0.2) is 48.5 Å². The largest absolute Gasteiger partial charge is 0.460 e. The van der Waals surface area contributed by atoms with Crippen molar-refractivity contribution in [1.29, 1.82) is 0 Å². The number of carbonyl (C=O) groups is 2. The van der Waals surface area contributed by atoms with E-state index < -0.39 is 5.97 Å². The minimum absolute atomic E-state index is 0.144. The van der Waals surface area contributed by atoms with Crippen LogP contribution in [0.25, 0.3) is 0 Å². The standard InChI is InChI=1S/C9H13NO3.C6H14O2/c1-4-8(11)10-5-6-13-9(12)7(2)3;7-5-3-1-2-4-6-8/h4H,1-2,5-6H2,3H3,(H,10,11);7-8H,1-6H2. The topological polar surface area (TPSA) is 95.9 Å². The fourth-order valence-corrected chi connectivity index (χ4v) is 1.09. The summed E-state index contributed by atoms with van der Waals surface area (Å²) in [5, 5.41) is 19.1. The van der Waals surface area contributed by atoms with Gasteiger partial charge in [-0.1, -0.05) is 26.0 Å². The molecule has 0 aromatic heterocycles. The van der Waals surface area contributed by atoms with Crippen LogP contribution >= 0.6 is 0 Å². The van der Waals surface area contributed by atoms with Crippen molar-refractivity contribution in [3.63, 3.8) is 0 Å². The molecule has 0 saturated heterocycles. The minimum Gasteiger partial charge on any atom is -0.460 e. The molecule has 122 valence electrons. The number of esters is 1. The summed E-state index contributed by atoms with van der Waals surface area (Å²) in [6.07, 6.45) is 4.98. The van der Waals surface area contributed by atoms with Crippen LogP contribution in [0, 0.1) is 0 Å². The molecular formula is C15H27NO5. The molecule has 0 aliphatic rings. The summed E-state index contributed by atoms with van der Waals surface area (Å²) in [5.41, 5.74) is 0.343. The molecule has 0 radical (unpaired) electrons. The molecule has 0 aromatic carbocycles. The van der Waals surface area contributed by atoms with Crippen molar-refractivity contribution >= 4 is 11.9 Å². The Morgan fingerprint density at radius 2 is 1.67 bits per heavy atom. The Morgan fingerprint density at radius 3 is 2.05 bits per heavy atom. The first-order valence-corrected chi connectivity index (χ1v) is 6.94. The molecule has 0 aromatic rings. The summed E-state index contributed by atoms with van der Waals surface area (Å²) >= 11 is 0. The van der Waals surface area contributed by atoms with Crippen molar-refractivity contribution in [3.8, 4) is 0 Å². The first-order valence-electron chi connectivity index (χ1n) is 6.94. The van der Waals surface area contributed by atoms with E-state index in [0.29, 0.717) is 5.57 Å². The fraction of sp³-hybridized carbons (Fsp3) is 0.600. The summed E-state index contributed by atoms with van der Waals surface area (Å²) in [6, 6.07) is 0. The van der Waals surface area contributed by atoms with E-state index in [1.807, 2.05) is 0 Å². The second-order valence-corrected chi connectivity index (χ2v) is 4.27. The SMILES string of the molecule is C=CC(=O)NCCOC(=O)C(=C)C.OCCCCCCO. The Balaban J connectivity index is 0. The van der Waals surface area contributed by atoms with E-state index in [2.05, 4.69) is 18.5 Å². The zero-order valence-corrected chi connectivity index (χ0v) is 12.8. The second kappa shape index (κ2) is 16.4. The molecule has 0 bridgehead atoms. The zero-order valence-electron chi connectivity index (χ0n) is 12.8. The van der Waals surface area contributed by atoms with E-state index in [9.17, 15) is 9.59 Å². The molecule has 0 unspecified atom stereocenters. The molecule has 0 fully saturated rings. The quantitative estimate of drug-likeness (QED) is 0.317. The number of hydrogen-bond donors (Lipinski definition) is 3. The van der Waals surface area contributed by atoms with E-state index in [0.717, 1.165) is 31.8 Å². The minimum atomic E-state index is -0.451. The van der Waals surface area contributed by atoms with Crippen LogP contribution in [0.1, 0.15) is 32.6 Å². The summed E-state index contributed by atoms with van der Waals surface area (Å²) in [5.74, 6) is -0.737. The third-order valence-electron chi connectivity index (χ3n) is 2.23. The van der Waals surface area contributed by atoms with Gasteiger partial charge in [-0.15, -0.1) is 0 Å². The number of aliphatic hydroxyl groups excluding tert-OH is 2. The van der Waals surface area contributed by atoms with Gasteiger partial charge in [0.2, 0.25) is 5.91 Å². The number of rotatable bonds is 10. The van der Waals surface area contributed by atoms with Crippen LogP contribution in [0.3, 0.4) is 0 Å². The van der Waals surface area contributed by atoms with Crippen molar-refractivity contribution in [2.24, 2.45) is 0 Å². The molecule has 3 N–H and O–H groups in total. The Bertz CT molecular complexity index is 309. The van der Waals surface area contributed by atoms with Gasteiger partial charge < -0.3 is 20.3 Å². The van der Waals surface area contributed by atoms with Gasteiger partial charge in [0.15, 0.2) is 0 Å². The maximum atomic E-state index is 10.8. The molecule has 0 aliphatic carbocycles. The average molecular weight is 301 g/mol. The van der Waals surface area contributed by atoms with Crippen molar-refractivity contribution < 1.29 is 24.5 Å². The van der Waals surface area contributed by atoms with Gasteiger partial charge in [0.05, 0.1) is 6.54 Å². The maximum absolute atomic E-state index is 10.8. The van der Waals surface area contributed by atoms with Crippen molar-refractivity contribution in [2.75, 3.05) is 26.4 Å². The molecule has 1 amide bonds. The average Bonchev–Trinajstić information content (AvgIpc) is 2.48. The highest BCUT2D eigenvalue weighted by atomic mass is 16.5. The molecule has 0 spiro atoms. The lowest BCUT2D eigenvalue weighted by atomic mass is 10.2. The predicted molar refractivity (Wildman–Crippen MR) is 81.6 cm³/mol. The highest BCUT2D eigenvalue weighted by Crippen LogP contribution is 1.96. The molecule has 0 rings (SSSR count). The number of nitrogens with one attached hydrogen (secondary N) is 1. The van der Waals surface area contributed by atoms with E-state index in [1.165, 1.54) is 0 Å². The van der Waals surface area contributed by atoms with E-state index in [4.69, 9.17) is 14.9 Å². The summed E-state index contributed by atoms with van der Waals surface area (Å²) in [7, 11) is 0. The van der Waals surface area contributed by atoms with Gasteiger partial charge in [0.25, 0.3) is 0 Å². The molecule has 0 aliphatic heterocycles. The van der Waals surface area contributed by atoms with Gasteiger partial charge >= 0.3 is 5.97 Å². The van der Waals surface area contributed by atoms with E-state index in [1.54, 1.807) is 6.92 Å². The lowest BCUT2D eigenvalue weighted by molar-refractivity contribution is -0.139. The van der Waals surface area contributed by atoms with Gasteiger partial charge in [0, 0.05) is 18.8 Å². The predicted octanol–water partition coefficient (Wildman–Crippen LogP) is 0.939. The van der Waals surface area contributed by atoms with Crippen LogP contribution in [0.4, 0.5) is 0 Å². The normalized spacial score (nSPS) is 9.10. The highest BCUT2D eigenvalue weighted by Gasteiger charge is 2.01. The van der Waals surface area contributed by atoms with Crippen LogP contribution in [0.2, 0.25) is 0 Å². The Labute approximate surface area is 126 Å². The van der Waals surface area contributed by atoms with Crippen LogP contribution in [0.5, 0.6) is 0 Å². The van der Waals surface area contributed by atoms with Crippen LogP contribution in [-0.2, 0) is 14.3 Å². The van der Waals surface area contributed by atoms with E-state index in [-0.39, 0.29) is 32.3 Å². The van der Waals surface area contributed by atoms with Crippen LogP contribution in [0.15, 0.2) is 24.8 Å². The lowest BCUT2D eigenvalue weighted by Crippen LogP contribution is -2.26. The van der Waals surface area contributed by atoms with Gasteiger partial charge in [-0.3, -0.25) is 4.79 Å². The molecule has 6 nitrogen and oxygen atoms in total. The summed E-state index contributed by atoms with van der Waals surface area (Å²) in [4.78, 5) is 21.4. The zero-order chi connectivity index (χ0) is 16.5. The molecule has 21 heavy (non-hydrogen) atoms. The third-order valence-corrected chi connectivity index (χ3v) is 2.23. The van der Waals surface area contributed by atoms with Crippen LogP contribution < -0.4 is 5.32 Å². The Kier molecular flexibility index (Phi) is 16.9. The monoisotopic (exact) mass is 301 g/mol. The number of amides is 1. The van der Waals surface area contributed by atoms with Gasteiger partial charge in [-0.05, 0) is 25.8 Å². The van der Waals surface area contributed by atoms with Gasteiger partial charge in [0.1, 0.15) is 6.61 Å². The molecule has 0 atom stereocenters. The van der Waals surface area contributed by atoms with Crippen molar-refractivity contribution in [2.45, 2.75) is 32.6 Å². The van der Waals surface area contributed by atoms with Gasteiger partial charge in [-0.25, -0.2) is 4.79 Å². The number of unbranched alkanes of at least 4 members (excludes halogenated alkanes) is 3. The van der Waals surface area contributed by atoms with Crippen molar-refractivity contribution in [3.05, 3.63) is 24.8 Å². The molecule has 6 heteroatoms. The maximum Gasteiger partial charge on any atom is 0.333 e. The van der Waals surface area contributed by atoms with Gasteiger partial charge in [-0.2, -0.15) is 0 Å². The van der Waals surface area contributed by atoms with Crippen molar-refractivity contribution in [1.82, 2.24) is 5.32 Å². The number of aliphatic hydroxyl groups is 2. The van der Waals surface area contributed by atoms with E-state index >= 15 is 0 Å². The number of ether oxygens (including phenoxy) is 1. The number of carbonyl (C=O) groups excluding carboxylic acids is 2. The smallest absolute Gasteiger partial charge is 0.333 e. The lowest BCUT2D eigenvalue weighted by Gasteiger charge is -2.04. The fourth-order valence-electron chi connectivity index (χ4n) is 1.09. The summed E-state index contributed by atoms with van der Waals surface area (Å²) in [6.45, 7) is 9.23. The first-order chi connectivity index (χ1) is 9.99. The number of hydrogen-bond acceptors (Lipinski definition) is 5. The second-order valence-electron chi connectivity index (χ2n) is 4.27. The third kappa shape index (κ3) is 18.3. The molecule has 0 heterocycles.